The Kier molecular flexibility index (Phi) is 4.53. The molecule has 0 unspecified atom stereocenters. The summed E-state index contributed by atoms with van der Waals surface area (Å²) >= 11 is 0. The van der Waals surface area contributed by atoms with Gasteiger partial charge in [0.2, 0.25) is 0 Å². The predicted molar refractivity (Wildman–Crippen MR) is 176 cm³/mol. The highest BCUT2D eigenvalue weighted by molar-refractivity contribution is 6.15. The van der Waals surface area contributed by atoms with Gasteiger partial charge in [-0.1, -0.05) is 101 Å². The number of para-hydroxylation sites is 4. The van der Waals surface area contributed by atoms with E-state index in [1.165, 1.54) is 27.4 Å². The lowest BCUT2D eigenvalue weighted by Crippen LogP contribution is -2.53. The Morgan fingerprint density at radius 1 is 0.605 bits per heavy atom. The van der Waals surface area contributed by atoms with Gasteiger partial charge in [-0.2, -0.15) is 0 Å². The summed E-state index contributed by atoms with van der Waals surface area (Å²) in [5.74, 6) is 1.76. The van der Waals surface area contributed by atoms with Gasteiger partial charge in [-0.25, -0.2) is 0 Å². The van der Waals surface area contributed by atoms with E-state index in [0.29, 0.717) is 0 Å². The van der Waals surface area contributed by atoms with Crippen LogP contribution in [0.25, 0.3) is 27.5 Å². The van der Waals surface area contributed by atoms with Crippen molar-refractivity contribution in [2.75, 3.05) is 9.80 Å². The van der Waals surface area contributed by atoms with Crippen molar-refractivity contribution >= 4 is 33.2 Å². The van der Waals surface area contributed by atoms with Crippen LogP contribution in [0.1, 0.15) is 37.5 Å². The summed E-state index contributed by atoms with van der Waals surface area (Å²) in [6.07, 6.45) is 0. The van der Waals surface area contributed by atoms with E-state index in [-0.39, 0.29) is 5.41 Å². The van der Waals surface area contributed by atoms with Crippen LogP contribution in [0, 0.1) is 0 Å². The number of anilines is 2. The van der Waals surface area contributed by atoms with Gasteiger partial charge in [0.25, 0.3) is 0 Å². The van der Waals surface area contributed by atoms with Crippen molar-refractivity contribution in [3.63, 3.8) is 0 Å². The fourth-order valence-electron chi connectivity index (χ4n) is 7.62. The molecule has 0 amide bonds. The monoisotopic (exact) mass is 557 g/mol. The second kappa shape index (κ2) is 7.99. The molecule has 4 heteroatoms. The minimum Gasteiger partial charge on any atom is -0.453 e. The molecule has 1 spiro atoms. The minimum atomic E-state index is -0.806. The Morgan fingerprint density at radius 3 is 1.84 bits per heavy atom. The number of nitrogens with zero attached hydrogens (tertiary/aromatic N) is 3. The van der Waals surface area contributed by atoms with Crippen LogP contribution < -0.4 is 14.5 Å². The lowest BCUT2D eigenvalue weighted by Gasteiger charge is -2.49. The van der Waals surface area contributed by atoms with E-state index in [9.17, 15) is 0 Å². The molecule has 0 atom stereocenters. The van der Waals surface area contributed by atoms with Crippen molar-refractivity contribution in [2.45, 2.75) is 31.8 Å². The van der Waals surface area contributed by atoms with Gasteiger partial charge in [0.05, 0.1) is 28.1 Å². The molecule has 5 aromatic carbocycles. The Labute approximate surface area is 251 Å². The molecule has 4 heterocycles. The van der Waals surface area contributed by atoms with Crippen LogP contribution in [-0.4, -0.2) is 4.57 Å². The number of benzene rings is 5. The van der Waals surface area contributed by atoms with E-state index in [1.54, 1.807) is 0 Å². The third-order valence-corrected chi connectivity index (χ3v) is 9.46. The fourth-order valence-corrected chi connectivity index (χ4v) is 7.62. The standard InChI is InChI=1S/C39H31N3O/c1-24-25(2)42(28-16-10-7-11-17-28)39(41(24)27-14-8-6-9-15-27)31-19-12-18-29-30-22-26(38(3,4)5)23-34-36(30)40(35(29)31)37-32(39)20-13-21-33(37)43-34/h6-23H,1-2H2,3-5H3. The molecule has 0 aliphatic carbocycles. The summed E-state index contributed by atoms with van der Waals surface area (Å²) in [5, 5.41) is 2.43. The van der Waals surface area contributed by atoms with Gasteiger partial charge in [-0.3, -0.25) is 0 Å². The summed E-state index contributed by atoms with van der Waals surface area (Å²) in [6, 6.07) is 39.0. The molecule has 1 fully saturated rings. The molecule has 0 N–H and O–H groups in total. The van der Waals surface area contributed by atoms with Crippen LogP contribution in [-0.2, 0) is 11.1 Å². The first-order valence-corrected chi connectivity index (χ1v) is 14.8. The summed E-state index contributed by atoms with van der Waals surface area (Å²) in [6.45, 7) is 16.1. The topological polar surface area (TPSA) is 20.6 Å². The van der Waals surface area contributed by atoms with Crippen molar-refractivity contribution in [2.24, 2.45) is 0 Å². The van der Waals surface area contributed by atoms with Crippen molar-refractivity contribution in [1.82, 2.24) is 4.57 Å². The lowest BCUT2D eigenvalue weighted by molar-refractivity contribution is 0.463. The van der Waals surface area contributed by atoms with Crippen LogP contribution in [0.4, 0.5) is 11.4 Å². The highest BCUT2D eigenvalue weighted by Crippen LogP contribution is 2.62. The zero-order chi connectivity index (χ0) is 29.2. The maximum atomic E-state index is 6.86. The van der Waals surface area contributed by atoms with Gasteiger partial charge < -0.3 is 19.1 Å². The predicted octanol–water partition coefficient (Wildman–Crippen LogP) is 9.76. The summed E-state index contributed by atoms with van der Waals surface area (Å²) in [7, 11) is 0. The van der Waals surface area contributed by atoms with E-state index in [2.05, 4.69) is 157 Å². The maximum absolute atomic E-state index is 6.86. The van der Waals surface area contributed by atoms with Gasteiger partial charge in [0.1, 0.15) is 0 Å². The van der Waals surface area contributed by atoms with Gasteiger partial charge in [0, 0.05) is 33.3 Å². The van der Waals surface area contributed by atoms with Crippen LogP contribution in [0.5, 0.6) is 11.5 Å². The van der Waals surface area contributed by atoms with Gasteiger partial charge >= 0.3 is 0 Å². The number of fused-ring (bicyclic) bond motifs is 3. The third kappa shape index (κ3) is 2.86. The number of rotatable bonds is 2. The molecule has 0 bridgehead atoms. The van der Waals surface area contributed by atoms with Crippen LogP contribution >= 0.6 is 0 Å². The van der Waals surface area contributed by atoms with Crippen molar-refractivity contribution in [1.29, 1.82) is 0 Å². The zero-order valence-corrected chi connectivity index (χ0v) is 24.6. The van der Waals surface area contributed by atoms with Gasteiger partial charge in [-0.05, 0) is 53.4 Å². The third-order valence-electron chi connectivity index (χ3n) is 9.46. The Hall–Kier alpha value is -5.22. The molecule has 3 aliphatic rings. The average Bonchev–Trinajstić information content (AvgIpc) is 3.47. The van der Waals surface area contributed by atoms with Crippen LogP contribution in [0.3, 0.4) is 0 Å². The Bertz CT molecular complexity index is 2130. The molecular formula is C39H31N3O. The zero-order valence-electron chi connectivity index (χ0n) is 24.6. The summed E-state index contributed by atoms with van der Waals surface area (Å²) < 4.78 is 9.32. The Morgan fingerprint density at radius 2 is 1.21 bits per heavy atom. The molecule has 43 heavy (non-hydrogen) atoms. The molecule has 208 valence electrons. The summed E-state index contributed by atoms with van der Waals surface area (Å²) in [4.78, 5) is 4.76. The second-order valence-corrected chi connectivity index (χ2v) is 12.8. The molecular weight excluding hydrogens is 526 g/mol. The molecule has 6 aromatic rings. The largest absolute Gasteiger partial charge is 0.453 e. The minimum absolute atomic E-state index is 0.0290. The SMILES string of the molecule is C=C1C(=C)N(c2ccccc2)C2(c3cccc4c3-n3c5c(cc(C(C)(C)C)cc5c5cccc2c53)O4)N1c1ccccc1. The van der Waals surface area contributed by atoms with E-state index < -0.39 is 5.66 Å². The van der Waals surface area contributed by atoms with Crippen LogP contribution in [0.15, 0.2) is 134 Å². The van der Waals surface area contributed by atoms with E-state index in [0.717, 1.165) is 51.0 Å². The molecule has 4 nitrogen and oxygen atoms in total. The highest BCUT2D eigenvalue weighted by atomic mass is 16.5. The molecule has 9 rings (SSSR count). The van der Waals surface area contributed by atoms with Gasteiger partial charge in [-0.15, -0.1) is 0 Å². The molecule has 3 aliphatic heterocycles. The van der Waals surface area contributed by atoms with E-state index >= 15 is 0 Å². The number of hydrogen-bond acceptors (Lipinski definition) is 3. The first-order valence-electron chi connectivity index (χ1n) is 14.8. The smallest absolute Gasteiger partial charge is 0.179 e. The second-order valence-electron chi connectivity index (χ2n) is 12.8. The summed E-state index contributed by atoms with van der Waals surface area (Å²) in [5.41, 5.74) is 9.95. The molecule has 1 saturated heterocycles. The van der Waals surface area contributed by atoms with Crippen molar-refractivity contribution in [3.8, 4) is 17.2 Å². The number of ether oxygens (including phenoxy) is 1. The Balaban J connectivity index is 1.52. The molecule has 0 saturated carbocycles. The number of hydrogen-bond donors (Lipinski definition) is 0. The van der Waals surface area contributed by atoms with Crippen molar-refractivity contribution in [3.05, 3.63) is 150 Å². The first kappa shape index (κ1) is 24.4. The highest BCUT2D eigenvalue weighted by Gasteiger charge is 2.59. The normalized spacial score (nSPS) is 16.2. The first-order chi connectivity index (χ1) is 20.8. The van der Waals surface area contributed by atoms with Gasteiger partial charge in [0.15, 0.2) is 17.2 Å². The molecule has 1 aromatic heterocycles. The molecule has 0 radical (unpaired) electrons. The van der Waals surface area contributed by atoms with Crippen LogP contribution in [0.2, 0.25) is 0 Å². The maximum Gasteiger partial charge on any atom is 0.179 e. The van der Waals surface area contributed by atoms with E-state index in [4.69, 9.17) is 4.74 Å². The van der Waals surface area contributed by atoms with Crippen molar-refractivity contribution < 1.29 is 4.74 Å². The average molecular weight is 558 g/mol. The van der Waals surface area contributed by atoms with E-state index in [1.807, 2.05) is 0 Å². The fraction of sp³-hybridized carbons (Fsp3) is 0.128. The number of aromatic nitrogens is 1. The lowest BCUT2D eigenvalue weighted by atomic mass is 9.83. The quantitative estimate of drug-likeness (QED) is 0.211.